The first kappa shape index (κ1) is 12.3. The minimum absolute atomic E-state index is 0.504. The molecular weight excluding hydrogens is 262 g/mol. The van der Waals surface area contributed by atoms with E-state index < -0.39 is 11.4 Å². The molecule has 1 aliphatic heterocycles. The highest BCUT2D eigenvalue weighted by molar-refractivity contribution is 7.16. The van der Waals surface area contributed by atoms with Crippen LogP contribution in [-0.4, -0.2) is 34.1 Å². The summed E-state index contributed by atoms with van der Waals surface area (Å²) in [6.45, 7) is 3.17. The highest BCUT2D eigenvalue weighted by Crippen LogP contribution is 2.34. The predicted octanol–water partition coefficient (Wildman–Crippen LogP) is 2.38. The lowest BCUT2D eigenvalue weighted by molar-refractivity contribution is -0.148. The van der Waals surface area contributed by atoms with Crippen LogP contribution in [0.4, 0.5) is 5.82 Å². The minimum atomic E-state index is -0.729. The monoisotopic (exact) mass is 277 g/mol. The van der Waals surface area contributed by atoms with Gasteiger partial charge in [0.05, 0.1) is 10.8 Å². The molecule has 0 aromatic carbocycles. The number of nitrogens with zero attached hydrogens (tertiary/aromatic N) is 3. The Kier molecular flexibility index (Phi) is 2.89. The van der Waals surface area contributed by atoms with E-state index in [1.54, 1.807) is 17.7 Å². The molecule has 0 saturated carbocycles. The maximum Gasteiger partial charge on any atom is 0.311 e. The number of aliphatic carboxylic acids is 1. The van der Waals surface area contributed by atoms with Gasteiger partial charge in [0.1, 0.15) is 17.0 Å². The molecule has 1 unspecified atom stereocenters. The van der Waals surface area contributed by atoms with Crippen molar-refractivity contribution < 1.29 is 9.90 Å². The summed E-state index contributed by atoms with van der Waals surface area (Å²) in [6.07, 6.45) is 3.15. The van der Waals surface area contributed by atoms with Gasteiger partial charge in [-0.2, -0.15) is 0 Å². The SMILES string of the molecule is CC1(C(=O)O)CCCN(c2ncnc3sccc23)C1. The molecule has 0 bridgehead atoms. The van der Waals surface area contributed by atoms with E-state index in [2.05, 4.69) is 14.9 Å². The van der Waals surface area contributed by atoms with Crippen LogP contribution >= 0.6 is 11.3 Å². The Hall–Kier alpha value is -1.69. The third-order valence-corrected chi connectivity index (χ3v) is 4.57. The third kappa shape index (κ3) is 2.06. The van der Waals surface area contributed by atoms with E-state index in [4.69, 9.17) is 0 Å². The largest absolute Gasteiger partial charge is 0.481 e. The van der Waals surface area contributed by atoms with Crippen LogP contribution in [0.2, 0.25) is 0 Å². The van der Waals surface area contributed by atoms with Gasteiger partial charge in [-0.05, 0) is 31.2 Å². The fourth-order valence-electron chi connectivity index (χ4n) is 2.62. The van der Waals surface area contributed by atoms with Gasteiger partial charge in [0.25, 0.3) is 0 Å². The standard InChI is InChI=1S/C13H15N3O2S/c1-13(12(17)18)4-2-5-16(7-13)10-9-3-6-19-11(9)15-8-14-10/h3,6,8H,2,4-5,7H2,1H3,(H,17,18). The maximum atomic E-state index is 11.4. The van der Waals surface area contributed by atoms with Crippen LogP contribution in [0.1, 0.15) is 19.8 Å². The van der Waals surface area contributed by atoms with Gasteiger partial charge in [0, 0.05) is 13.1 Å². The molecule has 19 heavy (non-hydrogen) atoms. The summed E-state index contributed by atoms with van der Waals surface area (Å²) in [5.41, 5.74) is -0.689. The van der Waals surface area contributed by atoms with Gasteiger partial charge in [0.2, 0.25) is 0 Å². The highest BCUT2D eigenvalue weighted by atomic mass is 32.1. The summed E-state index contributed by atoms with van der Waals surface area (Å²) in [5, 5.41) is 12.4. The van der Waals surface area contributed by atoms with E-state index in [1.165, 1.54) is 0 Å². The Bertz CT molecular complexity index is 627. The number of thiophene rings is 1. The van der Waals surface area contributed by atoms with E-state index in [9.17, 15) is 9.90 Å². The normalized spacial score (nSPS) is 23.7. The molecule has 0 aliphatic carbocycles. The highest BCUT2D eigenvalue weighted by Gasteiger charge is 2.38. The molecule has 6 heteroatoms. The lowest BCUT2D eigenvalue weighted by Crippen LogP contribution is -2.46. The quantitative estimate of drug-likeness (QED) is 0.913. The number of anilines is 1. The summed E-state index contributed by atoms with van der Waals surface area (Å²) < 4.78 is 0. The van der Waals surface area contributed by atoms with Crippen molar-refractivity contribution in [2.75, 3.05) is 18.0 Å². The number of carboxylic acid groups (broad SMARTS) is 1. The Balaban J connectivity index is 1.98. The lowest BCUT2D eigenvalue weighted by Gasteiger charge is -2.38. The van der Waals surface area contributed by atoms with Gasteiger partial charge in [-0.3, -0.25) is 4.79 Å². The molecule has 2 aromatic rings. The van der Waals surface area contributed by atoms with Crippen LogP contribution in [-0.2, 0) is 4.79 Å². The summed E-state index contributed by atoms with van der Waals surface area (Å²) in [4.78, 5) is 23.0. The molecule has 1 aliphatic rings. The molecule has 100 valence electrons. The van der Waals surface area contributed by atoms with Gasteiger partial charge in [-0.25, -0.2) is 9.97 Å². The molecule has 3 rings (SSSR count). The second-order valence-corrected chi connectivity index (χ2v) is 6.12. The van der Waals surface area contributed by atoms with E-state index >= 15 is 0 Å². The predicted molar refractivity (Wildman–Crippen MR) is 74.6 cm³/mol. The molecule has 0 radical (unpaired) electrons. The first-order valence-electron chi connectivity index (χ1n) is 6.27. The molecular formula is C13H15N3O2S. The molecule has 1 fully saturated rings. The van der Waals surface area contributed by atoms with Crippen molar-refractivity contribution in [3.05, 3.63) is 17.8 Å². The van der Waals surface area contributed by atoms with Crippen molar-refractivity contribution in [2.24, 2.45) is 5.41 Å². The van der Waals surface area contributed by atoms with E-state index in [-0.39, 0.29) is 0 Å². The van der Waals surface area contributed by atoms with Gasteiger partial charge < -0.3 is 10.0 Å². The Labute approximate surface area is 114 Å². The second-order valence-electron chi connectivity index (χ2n) is 5.23. The smallest absolute Gasteiger partial charge is 0.311 e. The van der Waals surface area contributed by atoms with Crippen molar-refractivity contribution in [1.29, 1.82) is 0 Å². The zero-order valence-electron chi connectivity index (χ0n) is 10.7. The average molecular weight is 277 g/mol. The van der Waals surface area contributed by atoms with E-state index in [0.29, 0.717) is 6.54 Å². The zero-order chi connectivity index (χ0) is 13.5. The number of fused-ring (bicyclic) bond motifs is 1. The number of hydrogen-bond acceptors (Lipinski definition) is 5. The molecule has 1 atom stereocenters. The van der Waals surface area contributed by atoms with Crippen LogP contribution in [0.3, 0.4) is 0 Å². The van der Waals surface area contributed by atoms with Crippen LogP contribution < -0.4 is 4.90 Å². The molecule has 1 saturated heterocycles. The molecule has 1 N–H and O–H groups in total. The van der Waals surface area contributed by atoms with Crippen LogP contribution in [0, 0.1) is 5.41 Å². The fraction of sp³-hybridized carbons (Fsp3) is 0.462. The number of piperidine rings is 1. The minimum Gasteiger partial charge on any atom is -0.481 e. The van der Waals surface area contributed by atoms with Crippen LogP contribution in [0.15, 0.2) is 17.8 Å². The third-order valence-electron chi connectivity index (χ3n) is 3.75. The molecule has 0 spiro atoms. The Morgan fingerprint density at radius 1 is 1.53 bits per heavy atom. The van der Waals surface area contributed by atoms with Crippen LogP contribution in [0.5, 0.6) is 0 Å². The van der Waals surface area contributed by atoms with Crippen molar-refractivity contribution >= 4 is 33.3 Å². The first-order chi connectivity index (χ1) is 9.10. The van der Waals surface area contributed by atoms with Crippen molar-refractivity contribution in [2.45, 2.75) is 19.8 Å². The number of carboxylic acids is 1. The number of hydrogen-bond donors (Lipinski definition) is 1. The van der Waals surface area contributed by atoms with Crippen molar-refractivity contribution in [1.82, 2.24) is 9.97 Å². The van der Waals surface area contributed by atoms with Gasteiger partial charge in [-0.15, -0.1) is 11.3 Å². The number of rotatable bonds is 2. The topological polar surface area (TPSA) is 66.3 Å². The summed E-state index contributed by atoms with van der Waals surface area (Å²) in [6, 6.07) is 2.00. The second kappa shape index (κ2) is 4.45. The number of carbonyl (C=O) groups is 1. The maximum absolute atomic E-state index is 11.4. The van der Waals surface area contributed by atoms with Crippen molar-refractivity contribution in [3.63, 3.8) is 0 Å². The van der Waals surface area contributed by atoms with Gasteiger partial charge >= 0.3 is 5.97 Å². The lowest BCUT2D eigenvalue weighted by atomic mass is 9.82. The summed E-state index contributed by atoms with van der Waals surface area (Å²) in [5.74, 6) is 0.131. The van der Waals surface area contributed by atoms with Gasteiger partial charge in [0.15, 0.2) is 0 Å². The molecule has 5 nitrogen and oxygen atoms in total. The Morgan fingerprint density at radius 3 is 3.16 bits per heavy atom. The zero-order valence-corrected chi connectivity index (χ0v) is 11.5. The molecule has 0 amide bonds. The van der Waals surface area contributed by atoms with E-state index in [0.717, 1.165) is 35.4 Å². The summed E-state index contributed by atoms with van der Waals surface area (Å²) >= 11 is 1.58. The van der Waals surface area contributed by atoms with Crippen LogP contribution in [0.25, 0.3) is 10.2 Å². The van der Waals surface area contributed by atoms with E-state index in [1.807, 2.05) is 18.4 Å². The summed E-state index contributed by atoms with van der Waals surface area (Å²) in [7, 11) is 0. The molecule has 2 aromatic heterocycles. The average Bonchev–Trinajstić information content (AvgIpc) is 2.86. The van der Waals surface area contributed by atoms with Gasteiger partial charge in [-0.1, -0.05) is 0 Å². The van der Waals surface area contributed by atoms with Crippen molar-refractivity contribution in [3.8, 4) is 0 Å². The fourth-order valence-corrected chi connectivity index (χ4v) is 3.35. The Morgan fingerprint density at radius 2 is 2.37 bits per heavy atom. The molecule has 3 heterocycles. The number of aromatic nitrogens is 2. The first-order valence-corrected chi connectivity index (χ1v) is 7.15.